The van der Waals surface area contributed by atoms with E-state index < -0.39 is 13.9 Å². The molecule has 0 saturated heterocycles. The van der Waals surface area contributed by atoms with Crippen LogP contribution in [-0.2, 0) is 14.8 Å². The van der Waals surface area contributed by atoms with Gasteiger partial charge in [-0.2, -0.15) is 0 Å². The third kappa shape index (κ3) is 3.70. The van der Waals surface area contributed by atoms with Crippen LogP contribution in [0.2, 0.25) is 19.6 Å². The van der Waals surface area contributed by atoms with Crippen LogP contribution in [0, 0.1) is 0 Å². The standard InChI is InChI=1S/C21H27NO2Si/c1-23-20-16-15-19(22-20)21(24-25(2,3)4,17-11-7-5-8-12-17)18-13-9-6-10-14-18/h5-14,19H,15-16H2,1-4H3/t19-/m0/s1. The molecule has 132 valence electrons. The van der Waals surface area contributed by atoms with Crippen LogP contribution in [0.5, 0.6) is 0 Å². The van der Waals surface area contributed by atoms with Crippen molar-refractivity contribution in [2.75, 3.05) is 7.11 Å². The van der Waals surface area contributed by atoms with E-state index in [4.69, 9.17) is 14.2 Å². The Hall–Kier alpha value is -1.91. The fourth-order valence-corrected chi connectivity index (χ4v) is 4.94. The van der Waals surface area contributed by atoms with Gasteiger partial charge in [0.05, 0.1) is 13.2 Å². The minimum atomic E-state index is -1.87. The number of methoxy groups -OCH3 is 1. The van der Waals surface area contributed by atoms with Crippen molar-refractivity contribution in [3.05, 3.63) is 71.8 Å². The summed E-state index contributed by atoms with van der Waals surface area (Å²) in [7, 11) is -0.166. The normalized spacial score (nSPS) is 18.1. The van der Waals surface area contributed by atoms with Crippen LogP contribution in [0.15, 0.2) is 65.7 Å². The topological polar surface area (TPSA) is 30.8 Å². The molecule has 0 aliphatic carbocycles. The monoisotopic (exact) mass is 353 g/mol. The Morgan fingerprint density at radius 3 is 1.84 bits per heavy atom. The molecule has 1 heterocycles. The van der Waals surface area contributed by atoms with Gasteiger partial charge in [-0.25, -0.2) is 4.99 Å². The van der Waals surface area contributed by atoms with E-state index in [1.54, 1.807) is 7.11 Å². The van der Waals surface area contributed by atoms with Crippen molar-refractivity contribution >= 4 is 14.2 Å². The van der Waals surface area contributed by atoms with Crippen molar-refractivity contribution in [3.8, 4) is 0 Å². The molecule has 0 bridgehead atoms. The van der Waals surface area contributed by atoms with Gasteiger partial charge in [0.25, 0.3) is 0 Å². The van der Waals surface area contributed by atoms with E-state index in [0.29, 0.717) is 0 Å². The first-order valence-electron chi connectivity index (χ1n) is 8.87. The molecule has 0 amide bonds. The number of hydrogen-bond donors (Lipinski definition) is 0. The summed E-state index contributed by atoms with van der Waals surface area (Å²) in [6.07, 6.45) is 1.79. The minimum absolute atomic E-state index is 0.0129. The van der Waals surface area contributed by atoms with Crippen molar-refractivity contribution in [2.24, 2.45) is 4.99 Å². The fourth-order valence-electron chi connectivity index (χ4n) is 3.60. The molecule has 1 aliphatic rings. The minimum Gasteiger partial charge on any atom is -0.484 e. The first-order valence-corrected chi connectivity index (χ1v) is 12.3. The van der Waals surface area contributed by atoms with E-state index in [1.807, 2.05) is 12.1 Å². The summed E-state index contributed by atoms with van der Waals surface area (Å²) >= 11 is 0. The van der Waals surface area contributed by atoms with E-state index in [1.165, 1.54) is 0 Å². The van der Waals surface area contributed by atoms with Crippen LogP contribution < -0.4 is 0 Å². The molecule has 25 heavy (non-hydrogen) atoms. The van der Waals surface area contributed by atoms with Crippen LogP contribution in [0.4, 0.5) is 0 Å². The van der Waals surface area contributed by atoms with Crippen LogP contribution >= 0.6 is 0 Å². The van der Waals surface area contributed by atoms with Crippen LogP contribution in [0.25, 0.3) is 0 Å². The Balaban J connectivity index is 2.22. The summed E-state index contributed by atoms with van der Waals surface area (Å²) in [6.45, 7) is 6.72. The summed E-state index contributed by atoms with van der Waals surface area (Å²) < 4.78 is 12.4. The van der Waals surface area contributed by atoms with Gasteiger partial charge in [-0.3, -0.25) is 0 Å². The van der Waals surface area contributed by atoms with Gasteiger partial charge >= 0.3 is 0 Å². The number of nitrogens with zero attached hydrogens (tertiary/aromatic N) is 1. The molecule has 0 radical (unpaired) electrons. The first-order chi connectivity index (χ1) is 12.0. The van der Waals surface area contributed by atoms with Crippen molar-refractivity contribution in [1.82, 2.24) is 0 Å². The molecular formula is C21H27NO2Si. The predicted octanol–water partition coefficient (Wildman–Crippen LogP) is 4.99. The average molecular weight is 354 g/mol. The molecule has 1 atom stereocenters. The lowest BCUT2D eigenvalue weighted by Crippen LogP contribution is -2.48. The van der Waals surface area contributed by atoms with Gasteiger partial charge < -0.3 is 9.16 Å². The van der Waals surface area contributed by atoms with E-state index in [-0.39, 0.29) is 6.04 Å². The largest absolute Gasteiger partial charge is 0.484 e. The second kappa shape index (κ2) is 7.14. The summed E-state index contributed by atoms with van der Waals surface area (Å²) in [5, 5.41) is 0. The van der Waals surface area contributed by atoms with E-state index in [9.17, 15) is 0 Å². The molecule has 0 saturated carbocycles. The maximum Gasteiger partial charge on any atom is 0.185 e. The third-order valence-electron chi connectivity index (χ3n) is 4.51. The summed E-state index contributed by atoms with van der Waals surface area (Å²) in [5.74, 6) is 0.820. The first kappa shape index (κ1) is 17.9. The van der Waals surface area contributed by atoms with Crippen molar-refractivity contribution in [1.29, 1.82) is 0 Å². The molecule has 2 aromatic carbocycles. The summed E-state index contributed by atoms with van der Waals surface area (Å²) in [4.78, 5) is 4.91. The van der Waals surface area contributed by atoms with E-state index >= 15 is 0 Å². The van der Waals surface area contributed by atoms with Gasteiger partial charge in [0, 0.05) is 6.42 Å². The Kier molecular flexibility index (Phi) is 5.11. The molecule has 2 aromatic rings. The lowest BCUT2D eigenvalue weighted by molar-refractivity contribution is 0.0730. The lowest BCUT2D eigenvalue weighted by Gasteiger charge is -2.43. The fraction of sp³-hybridized carbons (Fsp3) is 0.381. The number of hydrogen-bond acceptors (Lipinski definition) is 3. The zero-order valence-electron chi connectivity index (χ0n) is 15.5. The van der Waals surface area contributed by atoms with Gasteiger partial charge in [-0.05, 0) is 37.2 Å². The average Bonchev–Trinajstić information content (AvgIpc) is 3.10. The lowest BCUT2D eigenvalue weighted by atomic mass is 9.79. The second-order valence-electron chi connectivity index (χ2n) is 7.46. The molecule has 0 N–H and O–H groups in total. The molecule has 0 fully saturated rings. The molecule has 0 aromatic heterocycles. The quantitative estimate of drug-likeness (QED) is 0.709. The Morgan fingerprint density at radius 1 is 0.920 bits per heavy atom. The molecule has 3 nitrogen and oxygen atoms in total. The van der Waals surface area contributed by atoms with E-state index in [0.717, 1.165) is 29.9 Å². The number of benzene rings is 2. The number of rotatable bonds is 5. The summed E-state index contributed by atoms with van der Waals surface area (Å²) in [6, 6.07) is 21.1. The highest BCUT2D eigenvalue weighted by Gasteiger charge is 2.47. The van der Waals surface area contributed by atoms with Gasteiger partial charge in [-0.1, -0.05) is 60.7 Å². The Bertz CT molecular complexity index is 683. The highest BCUT2D eigenvalue weighted by molar-refractivity contribution is 6.69. The van der Waals surface area contributed by atoms with Crippen molar-refractivity contribution < 1.29 is 9.16 Å². The van der Waals surface area contributed by atoms with Crippen LogP contribution in [0.3, 0.4) is 0 Å². The molecule has 3 rings (SSSR count). The van der Waals surface area contributed by atoms with Crippen molar-refractivity contribution in [3.63, 3.8) is 0 Å². The van der Waals surface area contributed by atoms with Gasteiger partial charge in [0.1, 0.15) is 5.60 Å². The Labute approximate surface area is 151 Å². The van der Waals surface area contributed by atoms with Gasteiger partial charge in [0.2, 0.25) is 0 Å². The smallest absolute Gasteiger partial charge is 0.185 e. The highest BCUT2D eigenvalue weighted by atomic mass is 28.4. The van der Waals surface area contributed by atoms with Gasteiger partial charge in [-0.15, -0.1) is 0 Å². The SMILES string of the molecule is COC1=N[C@H](C(O[Si](C)(C)C)(c2ccccc2)c2ccccc2)CC1. The second-order valence-corrected chi connectivity index (χ2v) is 11.9. The summed E-state index contributed by atoms with van der Waals surface area (Å²) in [5.41, 5.74) is 1.75. The zero-order chi connectivity index (χ0) is 17.9. The number of ether oxygens (including phenoxy) is 1. The molecule has 4 heteroatoms. The van der Waals surface area contributed by atoms with E-state index in [2.05, 4.69) is 68.2 Å². The van der Waals surface area contributed by atoms with Crippen molar-refractivity contribution in [2.45, 2.75) is 44.1 Å². The zero-order valence-corrected chi connectivity index (χ0v) is 16.5. The molecule has 0 unspecified atom stereocenters. The molecular weight excluding hydrogens is 326 g/mol. The Morgan fingerprint density at radius 2 is 1.44 bits per heavy atom. The maximum atomic E-state index is 6.95. The number of aliphatic imine (C=N–C) groups is 1. The maximum absolute atomic E-state index is 6.95. The highest BCUT2D eigenvalue weighted by Crippen LogP contribution is 2.44. The molecule has 0 spiro atoms. The predicted molar refractivity (Wildman–Crippen MR) is 106 cm³/mol. The van der Waals surface area contributed by atoms with Crippen LogP contribution in [0.1, 0.15) is 24.0 Å². The van der Waals surface area contributed by atoms with Crippen LogP contribution in [-0.4, -0.2) is 27.4 Å². The third-order valence-corrected chi connectivity index (χ3v) is 5.44. The van der Waals surface area contributed by atoms with Gasteiger partial charge in [0.15, 0.2) is 14.2 Å². The molecule has 1 aliphatic heterocycles.